The molecule has 7 nitrogen and oxygen atoms in total. The number of carbonyl (C=O) groups is 2. The minimum absolute atomic E-state index is 0.207. The third-order valence-electron chi connectivity index (χ3n) is 6.29. The maximum Gasteiger partial charge on any atom is 0.573 e. The van der Waals surface area contributed by atoms with Gasteiger partial charge < -0.3 is 9.84 Å². The Morgan fingerprint density at radius 2 is 1.87 bits per heavy atom. The van der Waals surface area contributed by atoms with Gasteiger partial charge in [-0.15, -0.1) is 13.2 Å². The molecule has 0 radical (unpaired) electrons. The molecule has 1 N–H and O–H groups in total. The van der Waals surface area contributed by atoms with Crippen molar-refractivity contribution in [3.05, 3.63) is 29.8 Å². The summed E-state index contributed by atoms with van der Waals surface area (Å²) in [6, 6.07) is 5.18. The van der Waals surface area contributed by atoms with Crippen LogP contribution in [0.4, 0.5) is 13.2 Å². The van der Waals surface area contributed by atoms with Crippen molar-refractivity contribution in [1.29, 1.82) is 0 Å². The molecule has 4 rings (SSSR count). The number of imide groups is 1. The monoisotopic (exact) mass is 441 g/mol. The standard InChI is InChI=1S/C21H26F3N3O4/c1-2-3-8-26-18(29)17-9-15(28)11-27(17)20(19(26)30)12-25(13-20)10-14-4-6-16(7-5-14)31-21(22,23)24/h4-7,15,17,28H,2-3,8-13H2,1H3/t15-,17+/m1/s1. The number of likely N-dealkylation sites (tertiary alicyclic amines) is 1. The second kappa shape index (κ2) is 8.07. The van der Waals surface area contributed by atoms with Crippen LogP contribution in [-0.4, -0.2) is 81.8 Å². The van der Waals surface area contributed by atoms with Crippen molar-refractivity contribution in [1.82, 2.24) is 14.7 Å². The van der Waals surface area contributed by atoms with Crippen LogP contribution in [0.15, 0.2) is 24.3 Å². The molecule has 3 aliphatic rings. The van der Waals surface area contributed by atoms with E-state index in [1.54, 1.807) is 12.1 Å². The first-order valence-corrected chi connectivity index (χ1v) is 10.5. The number of amides is 2. The summed E-state index contributed by atoms with van der Waals surface area (Å²) in [6.07, 6.45) is -3.44. The van der Waals surface area contributed by atoms with Crippen molar-refractivity contribution in [3.8, 4) is 5.75 Å². The topological polar surface area (TPSA) is 73.3 Å². The molecule has 0 unspecified atom stereocenters. The first kappa shape index (κ1) is 22.0. The van der Waals surface area contributed by atoms with Crippen LogP contribution in [-0.2, 0) is 16.1 Å². The molecule has 3 aliphatic heterocycles. The van der Waals surface area contributed by atoms with Crippen LogP contribution in [0.2, 0.25) is 0 Å². The molecule has 2 atom stereocenters. The Hall–Kier alpha value is -2.17. The molecule has 31 heavy (non-hydrogen) atoms. The second-order valence-electron chi connectivity index (χ2n) is 8.57. The molecule has 3 saturated heterocycles. The van der Waals surface area contributed by atoms with Crippen LogP contribution in [0, 0.1) is 0 Å². The van der Waals surface area contributed by atoms with Gasteiger partial charge in [0, 0.05) is 32.7 Å². The van der Waals surface area contributed by atoms with E-state index in [9.17, 15) is 27.9 Å². The van der Waals surface area contributed by atoms with Crippen LogP contribution < -0.4 is 4.74 Å². The highest BCUT2D eigenvalue weighted by atomic mass is 19.4. The number of aliphatic hydroxyl groups excluding tert-OH is 1. The number of nitrogens with zero attached hydrogens (tertiary/aromatic N) is 3. The lowest BCUT2D eigenvalue weighted by atomic mass is 9.82. The van der Waals surface area contributed by atoms with E-state index in [0.717, 1.165) is 18.4 Å². The number of ether oxygens (including phenoxy) is 1. The van der Waals surface area contributed by atoms with Crippen molar-refractivity contribution in [2.75, 3.05) is 26.2 Å². The van der Waals surface area contributed by atoms with Crippen molar-refractivity contribution in [3.63, 3.8) is 0 Å². The number of benzene rings is 1. The van der Waals surface area contributed by atoms with E-state index < -0.39 is 24.0 Å². The Kier molecular flexibility index (Phi) is 5.74. The number of aliphatic hydroxyl groups is 1. The quantitative estimate of drug-likeness (QED) is 0.679. The molecule has 1 aromatic carbocycles. The fraction of sp³-hybridized carbons (Fsp3) is 0.619. The van der Waals surface area contributed by atoms with Gasteiger partial charge in [0.1, 0.15) is 11.3 Å². The van der Waals surface area contributed by atoms with Gasteiger partial charge in [-0.25, -0.2) is 0 Å². The number of alkyl halides is 3. The van der Waals surface area contributed by atoms with E-state index >= 15 is 0 Å². The zero-order chi connectivity index (χ0) is 22.4. The zero-order valence-corrected chi connectivity index (χ0v) is 17.3. The highest BCUT2D eigenvalue weighted by Gasteiger charge is 2.63. The van der Waals surface area contributed by atoms with Gasteiger partial charge in [0.15, 0.2) is 0 Å². The summed E-state index contributed by atoms with van der Waals surface area (Å²) in [4.78, 5) is 31.4. The molecule has 1 spiro atoms. The number of piperazine rings is 1. The highest BCUT2D eigenvalue weighted by Crippen LogP contribution is 2.41. The smallest absolute Gasteiger partial charge is 0.406 e. The molecule has 2 amide bonds. The Morgan fingerprint density at radius 1 is 1.19 bits per heavy atom. The molecule has 0 saturated carbocycles. The summed E-state index contributed by atoms with van der Waals surface area (Å²) >= 11 is 0. The lowest BCUT2D eigenvalue weighted by Gasteiger charge is -2.58. The van der Waals surface area contributed by atoms with Crippen molar-refractivity contribution in [2.45, 2.75) is 56.8 Å². The highest BCUT2D eigenvalue weighted by molar-refractivity contribution is 6.06. The molecular formula is C21H26F3N3O4. The number of β-amino-alcohol motifs (C(OH)–C–C–N with tert-alkyl or cyclic N) is 1. The summed E-state index contributed by atoms with van der Waals surface area (Å²) in [6.45, 7) is 3.96. The zero-order valence-electron chi connectivity index (χ0n) is 17.3. The first-order chi connectivity index (χ1) is 14.6. The van der Waals surface area contributed by atoms with Crippen LogP contribution in [0.1, 0.15) is 31.7 Å². The van der Waals surface area contributed by atoms with Gasteiger partial charge in [-0.2, -0.15) is 0 Å². The van der Waals surface area contributed by atoms with Crippen molar-refractivity contribution in [2.24, 2.45) is 0 Å². The molecule has 10 heteroatoms. The average Bonchev–Trinajstić information content (AvgIpc) is 3.06. The van der Waals surface area contributed by atoms with E-state index in [-0.39, 0.29) is 17.6 Å². The summed E-state index contributed by atoms with van der Waals surface area (Å²) in [5, 5.41) is 10.2. The minimum atomic E-state index is -4.73. The summed E-state index contributed by atoms with van der Waals surface area (Å²) < 4.78 is 40.8. The molecule has 0 bridgehead atoms. The molecule has 3 heterocycles. The van der Waals surface area contributed by atoms with Crippen LogP contribution in [0.25, 0.3) is 0 Å². The summed E-state index contributed by atoms with van der Waals surface area (Å²) in [5.74, 6) is -0.710. The predicted octanol–water partition coefficient (Wildman–Crippen LogP) is 1.74. The lowest BCUT2D eigenvalue weighted by molar-refractivity contribution is -0.274. The average molecular weight is 441 g/mol. The van der Waals surface area contributed by atoms with Gasteiger partial charge in [0.05, 0.1) is 12.1 Å². The minimum Gasteiger partial charge on any atom is -0.406 e. The fourth-order valence-corrected chi connectivity index (χ4v) is 4.88. The van der Waals surface area contributed by atoms with Crippen LogP contribution in [0.5, 0.6) is 5.75 Å². The van der Waals surface area contributed by atoms with Crippen LogP contribution in [0.3, 0.4) is 0 Å². The maximum atomic E-state index is 13.3. The summed E-state index contributed by atoms with van der Waals surface area (Å²) in [5.41, 5.74) is -0.0343. The molecule has 170 valence electrons. The Bertz CT molecular complexity index is 839. The molecule has 0 aromatic heterocycles. The van der Waals surface area contributed by atoms with Gasteiger partial charge in [-0.05, 0) is 30.5 Å². The Balaban J connectivity index is 1.45. The number of hydrogen-bond acceptors (Lipinski definition) is 6. The van der Waals surface area contributed by atoms with Gasteiger partial charge >= 0.3 is 6.36 Å². The van der Waals surface area contributed by atoms with Crippen molar-refractivity contribution < 1.29 is 32.6 Å². The Morgan fingerprint density at radius 3 is 2.48 bits per heavy atom. The van der Waals surface area contributed by atoms with Gasteiger partial charge in [0.25, 0.3) is 5.91 Å². The first-order valence-electron chi connectivity index (χ1n) is 10.5. The molecule has 3 fully saturated rings. The summed E-state index contributed by atoms with van der Waals surface area (Å²) in [7, 11) is 0. The second-order valence-corrected chi connectivity index (χ2v) is 8.57. The largest absolute Gasteiger partial charge is 0.573 e. The van der Waals surface area contributed by atoms with Gasteiger partial charge in [-0.3, -0.25) is 24.3 Å². The van der Waals surface area contributed by atoms with E-state index in [2.05, 4.69) is 4.74 Å². The van der Waals surface area contributed by atoms with Gasteiger partial charge in [0.2, 0.25) is 5.91 Å². The fourth-order valence-electron chi connectivity index (χ4n) is 4.88. The number of carbonyl (C=O) groups excluding carboxylic acids is 2. The van der Waals surface area contributed by atoms with E-state index in [1.165, 1.54) is 17.0 Å². The predicted molar refractivity (Wildman–Crippen MR) is 104 cm³/mol. The number of halogens is 3. The Labute approximate surface area is 178 Å². The molecule has 0 aliphatic carbocycles. The normalized spacial score (nSPS) is 26.3. The third-order valence-corrected chi connectivity index (χ3v) is 6.29. The lowest BCUT2D eigenvalue weighted by Crippen LogP contribution is -2.81. The van der Waals surface area contributed by atoms with E-state index in [4.69, 9.17) is 0 Å². The third kappa shape index (κ3) is 4.16. The molecule has 1 aromatic rings. The number of fused-ring (bicyclic) bond motifs is 2. The van der Waals surface area contributed by atoms with Gasteiger partial charge in [-0.1, -0.05) is 25.5 Å². The maximum absolute atomic E-state index is 13.3. The SMILES string of the molecule is CCCCN1C(=O)[C@@H]2C[C@@H](O)CN2C2(CN(Cc3ccc(OC(F)(F)F)cc3)C2)C1=O. The molecular weight excluding hydrogens is 415 g/mol. The van der Waals surface area contributed by atoms with E-state index in [0.29, 0.717) is 39.1 Å². The number of unbranched alkanes of at least 4 members (excludes halogenated alkanes) is 1. The number of hydrogen-bond donors (Lipinski definition) is 1. The van der Waals surface area contributed by atoms with Crippen LogP contribution >= 0.6 is 0 Å². The van der Waals surface area contributed by atoms with Crippen molar-refractivity contribution >= 4 is 11.8 Å². The number of rotatable bonds is 6. The van der Waals surface area contributed by atoms with E-state index in [1.807, 2.05) is 16.7 Å².